The minimum absolute atomic E-state index is 0.0288. The first-order valence-corrected chi connectivity index (χ1v) is 7.21. The van der Waals surface area contributed by atoms with Crippen LogP contribution in [0.3, 0.4) is 0 Å². The maximum absolute atomic E-state index is 12.3. The molecule has 7 heteroatoms. The number of nitrogens with one attached hydrogen (secondary N) is 1. The summed E-state index contributed by atoms with van der Waals surface area (Å²) in [7, 11) is 0. The molecule has 1 aromatic carbocycles. The molecule has 0 unspecified atom stereocenters. The summed E-state index contributed by atoms with van der Waals surface area (Å²) in [5, 5.41) is 14.1. The predicted octanol–water partition coefficient (Wildman–Crippen LogP) is 3.53. The molecular weight excluding hydrogens is 303 g/mol. The van der Waals surface area contributed by atoms with E-state index in [9.17, 15) is 14.9 Å². The van der Waals surface area contributed by atoms with Crippen LogP contribution >= 0.6 is 23.2 Å². The summed E-state index contributed by atoms with van der Waals surface area (Å²) in [6.45, 7) is 0. The third-order valence-electron chi connectivity index (χ3n) is 3.60. The van der Waals surface area contributed by atoms with Gasteiger partial charge in [0.1, 0.15) is 5.56 Å². The molecule has 1 amide bonds. The first kappa shape index (κ1) is 15.1. The van der Waals surface area contributed by atoms with E-state index in [2.05, 4.69) is 5.32 Å². The Morgan fingerprint density at radius 2 is 2.05 bits per heavy atom. The van der Waals surface area contributed by atoms with Gasteiger partial charge in [0, 0.05) is 17.0 Å². The lowest BCUT2D eigenvalue weighted by Gasteiger charge is -2.27. The van der Waals surface area contributed by atoms with Gasteiger partial charge in [0.25, 0.3) is 11.6 Å². The van der Waals surface area contributed by atoms with Crippen molar-refractivity contribution >= 4 is 34.8 Å². The number of nitro benzene ring substituents is 1. The van der Waals surface area contributed by atoms with E-state index in [-0.39, 0.29) is 16.3 Å². The molecule has 1 fully saturated rings. The van der Waals surface area contributed by atoms with E-state index >= 15 is 0 Å². The molecule has 0 heterocycles. The van der Waals surface area contributed by atoms with Crippen LogP contribution in [0.2, 0.25) is 5.02 Å². The number of benzene rings is 1. The molecule has 5 nitrogen and oxygen atoms in total. The number of alkyl halides is 1. The Hall–Kier alpha value is -1.33. The smallest absolute Gasteiger partial charge is 0.282 e. The lowest BCUT2D eigenvalue weighted by Crippen LogP contribution is -2.48. The van der Waals surface area contributed by atoms with Crippen LogP contribution in [0, 0.1) is 10.1 Å². The molecule has 0 bridgehead atoms. The van der Waals surface area contributed by atoms with Gasteiger partial charge in [-0.1, -0.05) is 24.4 Å². The fraction of sp³-hybridized carbons (Fsp3) is 0.462. The van der Waals surface area contributed by atoms with Gasteiger partial charge in [0.05, 0.1) is 10.5 Å². The number of carbonyl (C=O) groups excluding carboxylic acids is 1. The predicted molar refractivity (Wildman–Crippen MR) is 77.5 cm³/mol. The van der Waals surface area contributed by atoms with E-state index in [0.717, 1.165) is 25.7 Å². The molecular formula is C13H14Cl2N2O3. The van der Waals surface area contributed by atoms with Gasteiger partial charge in [-0.25, -0.2) is 0 Å². The second-order valence-corrected chi connectivity index (χ2v) is 5.70. The summed E-state index contributed by atoms with van der Waals surface area (Å²) >= 11 is 11.8. The molecule has 2 rings (SSSR count). The molecule has 0 radical (unpaired) electrons. The average molecular weight is 317 g/mol. The highest BCUT2D eigenvalue weighted by Gasteiger charge is 2.36. The van der Waals surface area contributed by atoms with Gasteiger partial charge in [-0.05, 0) is 25.0 Å². The monoisotopic (exact) mass is 316 g/mol. The van der Waals surface area contributed by atoms with Crippen molar-refractivity contribution in [2.45, 2.75) is 31.2 Å². The Bertz CT molecular complexity index is 542. The molecule has 20 heavy (non-hydrogen) atoms. The molecule has 1 saturated carbocycles. The highest BCUT2D eigenvalue weighted by atomic mass is 35.5. The third-order valence-corrected chi connectivity index (χ3v) is 4.34. The summed E-state index contributed by atoms with van der Waals surface area (Å²) in [5.41, 5.74) is -0.747. The largest absolute Gasteiger partial charge is 0.345 e. The molecule has 1 aliphatic rings. The minimum atomic E-state index is -0.590. The molecule has 0 aromatic heterocycles. The number of nitro groups is 1. The number of halogens is 2. The van der Waals surface area contributed by atoms with Gasteiger partial charge >= 0.3 is 0 Å². The summed E-state index contributed by atoms with van der Waals surface area (Å²) < 4.78 is 0. The summed E-state index contributed by atoms with van der Waals surface area (Å²) in [6, 6.07) is 3.94. The maximum atomic E-state index is 12.3. The quantitative estimate of drug-likeness (QED) is 0.524. The molecule has 0 spiro atoms. The zero-order valence-corrected chi connectivity index (χ0v) is 12.2. The number of carbonyl (C=O) groups is 1. The van der Waals surface area contributed by atoms with Crippen molar-refractivity contribution in [3.8, 4) is 0 Å². The summed E-state index contributed by atoms with van der Waals surface area (Å²) in [6.07, 6.45) is 3.56. The number of nitrogens with zero attached hydrogens (tertiary/aromatic N) is 1. The lowest BCUT2D eigenvalue weighted by atomic mass is 9.99. The molecule has 0 atom stereocenters. The van der Waals surface area contributed by atoms with Crippen LogP contribution in [-0.4, -0.2) is 22.2 Å². The Morgan fingerprint density at radius 3 is 2.60 bits per heavy atom. The zero-order chi connectivity index (χ0) is 14.8. The summed E-state index contributed by atoms with van der Waals surface area (Å²) in [5.74, 6) is -0.200. The molecule has 0 saturated heterocycles. The number of hydrogen-bond donors (Lipinski definition) is 1. The van der Waals surface area contributed by atoms with Crippen LogP contribution in [0.4, 0.5) is 5.69 Å². The van der Waals surface area contributed by atoms with Crippen molar-refractivity contribution in [3.05, 3.63) is 38.9 Å². The molecule has 1 N–H and O–H groups in total. The number of amides is 1. The van der Waals surface area contributed by atoms with Crippen LogP contribution in [0.1, 0.15) is 36.0 Å². The number of rotatable bonds is 4. The normalized spacial score (nSPS) is 16.9. The first-order valence-electron chi connectivity index (χ1n) is 6.30. The van der Waals surface area contributed by atoms with E-state index in [1.54, 1.807) is 0 Å². The Balaban J connectivity index is 2.29. The van der Waals surface area contributed by atoms with Crippen LogP contribution in [-0.2, 0) is 0 Å². The third kappa shape index (κ3) is 3.04. The fourth-order valence-corrected chi connectivity index (χ4v) is 3.01. The fourth-order valence-electron chi connectivity index (χ4n) is 2.50. The SMILES string of the molecule is O=C(NC1(CCl)CCCC1)c1cc(Cl)ccc1[N+](=O)[O-]. The van der Waals surface area contributed by atoms with Gasteiger partial charge in [-0.15, -0.1) is 11.6 Å². The zero-order valence-electron chi connectivity index (χ0n) is 10.7. The first-order chi connectivity index (χ1) is 9.47. The van der Waals surface area contributed by atoms with Gasteiger partial charge in [-0.2, -0.15) is 0 Å². The second kappa shape index (κ2) is 5.97. The van der Waals surface area contributed by atoms with Crippen LogP contribution in [0.25, 0.3) is 0 Å². The lowest BCUT2D eigenvalue weighted by molar-refractivity contribution is -0.385. The Labute approximate surface area is 126 Å². The Kier molecular flexibility index (Phi) is 4.50. The highest BCUT2D eigenvalue weighted by molar-refractivity contribution is 6.31. The standard InChI is InChI=1S/C13H14Cl2N2O3/c14-8-13(5-1-2-6-13)16-12(18)10-7-9(15)3-4-11(10)17(19)20/h3-4,7H,1-2,5-6,8H2,(H,16,18). The summed E-state index contributed by atoms with van der Waals surface area (Å²) in [4.78, 5) is 22.7. The van der Waals surface area contributed by atoms with Gasteiger partial charge in [0.2, 0.25) is 0 Å². The van der Waals surface area contributed by atoms with E-state index in [0.29, 0.717) is 5.88 Å². The molecule has 0 aliphatic heterocycles. The van der Waals surface area contributed by atoms with Crippen molar-refractivity contribution < 1.29 is 9.72 Å². The molecule has 108 valence electrons. The highest BCUT2D eigenvalue weighted by Crippen LogP contribution is 2.32. The molecule has 1 aromatic rings. The van der Waals surface area contributed by atoms with E-state index < -0.39 is 16.4 Å². The Morgan fingerprint density at radius 1 is 1.40 bits per heavy atom. The van der Waals surface area contributed by atoms with Gasteiger partial charge < -0.3 is 5.32 Å². The van der Waals surface area contributed by atoms with Crippen LogP contribution in [0.5, 0.6) is 0 Å². The minimum Gasteiger partial charge on any atom is -0.345 e. The average Bonchev–Trinajstić information content (AvgIpc) is 2.87. The van der Waals surface area contributed by atoms with Crippen molar-refractivity contribution in [1.82, 2.24) is 5.32 Å². The van der Waals surface area contributed by atoms with E-state index in [1.165, 1.54) is 18.2 Å². The second-order valence-electron chi connectivity index (χ2n) is 4.99. The van der Waals surface area contributed by atoms with Gasteiger partial charge in [0.15, 0.2) is 0 Å². The van der Waals surface area contributed by atoms with Crippen LogP contribution in [0.15, 0.2) is 18.2 Å². The topological polar surface area (TPSA) is 72.2 Å². The maximum Gasteiger partial charge on any atom is 0.282 e. The van der Waals surface area contributed by atoms with E-state index in [1.807, 2.05) is 0 Å². The van der Waals surface area contributed by atoms with Gasteiger partial charge in [-0.3, -0.25) is 14.9 Å². The van der Waals surface area contributed by atoms with Crippen molar-refractivity contribution in [1.29, 1.82) is 0 Å². The van der Waals surface area contributed by atoms with Crippen molar-refractivity contribution in [2.75, 3.05) is 5.88 Å². The van der Waals surface area contributed by atoms with Crippen molar-refractivity contribution in [2.24, 2.45) is 0 Å². The van der Waals surface area contributed by atoms with Crippen LogP contribution < -0.4 is 5.32 Å². The van der Waals surface area contributed by atoms with Crippen molar-refractivity contribution in [3.63, 3.8) is 0 Å². The molecule has 1 aliphatic carbocycles. The number of hydrogen-bond acceptors (Lipinski definition) is 3. The van der Waals surface area contributed by atoms with E-state index in [4.69, 9.17) is 23.2 Å².